The number of benzene rings is 1. The molecule has 1 rings (SSSR count). The molecule has 0 atom stereocenters. The van der Waals surface area contributed by atoms with Gasteiger partial charge in [-0.15, -0.1) is 0 Å². The van der Waals surface area contributed by atoms with E-state index in [-0.39, 0.29) is 6.09 Å². The Bertz CT molecular complexity index is 425. The van der Waals surface area contributed by atoms with Crippen LogP contribution in [0.2, 0.25) is 0 Å². The van der Waals surface area contributed by atoms with E-state index in [0.717, 1.165) is 17.5 Å². The van der Waals surface area contributed by atoms with E-state index < -0.39 is 0 Å². The van der Waals surface area contributed by atoms with Gasteiger partial charge in [0.25, 0.3) is 0 Å². The molecule has 19 heavy (non-hydrogen) atoms. The third-order valence-corrected chi connectivity index (χ3v) is 2.98. The third kappa shape index (κ3) is 5.33. The van der Waals surface area contributed by atoms with Gasteiger partial charge in [-0.1, -0.05) is 39.8 Å². The largest absolute Gasteiger partial charge is 0.412 e. The first kappa shape index (κ1) is 15.5. The van der Waals surface area contributed by atoms with E-state index in [1.165, 1.54) is 0 Å². The van der Waals surface area contributed by atoms with Crippen LogP contribution in [0.25, 0.3) is 0 Å². The summed E-state index contributed by atoms with van der Waals surface area (Å²) in [5, 5.41) is 2.79. The Morgan fingerprint density at radius 2 is 1.95 bits per heavy atom. The molecule has 0 spiro atoms. The average molecular weight is 263 g/mol. The van der Waals surface area contributed by atoms with Crippen molar-refractivity contribution >= 4 is 6.09 Å². The lowest BCUT2D eigenvalue weighted by Crippen LogP contribution is -2.28. The maximum atomic E-state index is 11.7. The molecule has 1 amide bonds. The quantitative estimate of drug-likeness (QED) is 0.862. The zero-order chi connectivity index (χ0) is 14.4. The number of hydrogen-bond acceptors (Lipinski definition) is 2. The van der Waals surface area contributed by atoms with Gasteiger partial charge in [0.2, 0.25) is 0 Å². The molecule has 0 saturated carbocycles. The van der Waals surface area contributed by atoms with Crippen LogP contribution >= 0.6 is 0 Å². The van der Waals surface area contributed by atoms with Crippen LogP contribution in [-0.2, 0) is 0 Å². The highest BCUT2D eigenvalue weighted by Crippen LogP contribution is 2.27. The zero-order valence-corrected chi connectivity index (χ0v) is 12.6. The maximum Gasteiger partial charge on any atom is 0.412 e. The van der Waals surface area contributed by atoms with Crippen LogP contribution in [0.3, 0.4) is 0 Å². The SMILES string of the molecule is Cc1ccc(C(C)C)c(OC(=O)NCCC(C)C)c1. The summed E-state index contributed by atoms with van der Waals surface area (Å²) >= 11 is 0. The zero-order valence-electron chi connectivity index (χ0n) is 12.6. The van der Waals surface area contributed by atoms with Gasteiger partial charge in [0.15, 0.2) is 0 Å². The van der Waals surface area contributed by atoms with E-state index in [1.807, 2.05) is 25.1 Å². The number of ether oxygens (including phenoxy) is 1. The summed E-state index contributed by atoms with van der Waals surface area (Å²) in [6, 6.07) is 5.98. The van der Waals surface area contributed by atoms with Crippen LogP contribution in [0.1, 0.15) is 51.2 Å². The van der Waals surface area contributed by atoms with Crippen molar-refractivity contribution in [2.45, 2.75) is 47.0 Å². The summed E-state index contributed by atoms with van der Waals surface area (Å²) in [7, 11) is 0. The summed E-state index contributed by atoms with van der Waals surface area (Å²) in [4.78, 5) is 11.7. The second kappa shape index (κ2) is 7.17. The molecule has 0 aromatic heterocycles. The Morgan fingerprint density at radius 3 is 2.53 bits per heavy atom. The van der Waals surface area contributed by atoms with Crippen LogP contribution in [-0.4, -0.2) is 12.6 Å². The van der Waals surface area contributed by atoms with Crippen molar-refractivity contribution < 1.29 is 9.53 Å². The first-order valence-electron chi connectivity index (χ1n) is 6.96. The second-order valence-electron chi connectivity index (χ2n) is 5.69. The predicted octanol–water partition coefficient (Wildman–Crippen LogP) is 4.25. The minimum atomic E-state index is -0.367. The second-order valence-corrected chi connectivity index (χ2v) is 5.69. The molecule has 0 heterocycles. The summed E-state index contributed by atoms with van der Waals surface area (Å²) < 4.78 is 5.42. The Hall–Kier alpha value is -1.51. The van der Waals surface area contributed by atoms with Crippen LogP contribution < -0.4 is 10.1 Å². The number of aryl methyl sites for hydroxylation is 1. The van der Waals surface area contributed by atoms with Gasteiger partial charge in [-0.05, 0) is 42.4 Å². The molecule has 0 aliphatic carbocycles. The molecule has 0 radical (unpaired) electrons. The molecule has 0 fully saturated rings. The number of carbonyl (C=O) groups is 1. The van der Waals surface area contributed by atoms with E-state index >= 15 is 0 Å². The van der Waals surface area contributed by atoms with Gasteiger partial charge in [0.05, 0.1) is 0 Å². The van der Waals surface area contributed by atoms with E-state index in [2.05, 4.69) is 33.0 Å². The summed E-state index contributed by atoms with van der Waals surface area (Å²) in [6.45, 7) is 11.1. The van der Waals surface area contributed by atoms with Gasteiger partial charge in [0.1, 0.15) is 5.75 Å². The van der Waals surface area contributed by atoms with Gasteiger partial charge < -0.3 is 10.1 Å². The molecule has 3 nitrogen and oxygen atoms in total. The van der Waals surface area contributed by atoms with Crippen molar-refractivity contribution in [2.24, 2.45) is 5.92 Å². The highest BCUT2D eigenvalue weighted by atomic mass is 16.6. The molecule has 0 unspecified atom stereocenters. The van der Waals surface area contributed by atoms with Crippen molar-refractivity contribution in [3.05, 3.63) is 29.3 Å². The van der Waals surface area contributed by atoms with E-state index in [4.69, 9.17) is 4.74 Å². The average Bonchev–Trinajstić information content (AvgIpc) is 2.27. The summed E-state index contributed by atoms with van der Waals surface area (Å²) in [5.74, 6) is 1.57. The van der Waals surface area contributed by atoms with Gasteiger partial charge >= 0.3 is 6.09 Å². The molecular weight excluding hydrogens is 238 g/mol. The van der Waals surface area contributed by atoms with Gasteiger partial charge in [0, 0.05) is 6.54 Å². The van der Waals surface area contributed by atoms with Gasteiger partial charge in [-0.3, -0.25) is 0 Å². The predicted molar refractivity (Wildman–Crippen MR) is 78.7 cm³/mol. The van der Waals surface area contributed by atoms with E-state index in [0.29, 0.717) is 24.1 Å². The molecule has 1 aromatic rings. The van der Waals surface area contributed by atoms with Crippen molar-refractivity contribution in [3.63, 3.8) is 0 Å². The van der Waals surface area contributed by atoms with Crippen LogP contribution in [0.5, 0.6) is 5.75 Å². The first-order chi connectivity index (χ1) is 8.90. The first-order valence-corrected chi connectivity index (χ1v) is 6.96. The molecule has 106 valence electrons. The number of rotatable bonds is 5. The fourth-order valence-corrected chi connectivity index (χ4v) is 1.81. The molecular formula is C16H25NO2. The van der Waals surface area contributed by atoms with Gasteiger partial charge in [-0.2, -0.15) is 0 Å². The molecule has 1 N–H and O–H groups in total. The molecule has 1 aromatic carbocycles. The molecule has 0 aliphatic rings. The Balaban J connectivity index is 2.65. The van der Waals surface area contributed by atoms with Crippen LogP contribution in [0.4, 0.5) is 4.79 Å². The maximum absolute atomic E-state index is 11.7. The Labute approximate surface area is 116 Å². The molecule has 0 aliphatic heterocycles. The molecule has 0 bridgehead atoms. The molecule has 3 heteroatoms. The number of carbonyl (C=O) groups excluding carboxylic acids is 1. The highest BCUT2D eigenvalue weighted by Gasteiger charge is 2.11. The standard InChI is InChI=1S/C16H25NO2/c1-11(2)8-9-17-16(18)19-15-10-13(5)6-7-14(15)12(3)4/h6-7,10-12H,8-9H2,1-5H3,(H,17,18). The van der Waals surface area contributed by atoms with Crippen LogP contribution in [0, 0.1) is 12.8 Å². The summed E-state index contributed by atoms with van der Waals surface area (Å²) in [6.07, 6.45) is 0.591. The minimum absolute atomic E-state index is 0.332. The Kier molecular flexibility index (Phi) is 5.87. The van der Waals surface area contributed by atoms with E-state index in [1.54, 1.807) is 0 Å². The number of nitrogens with one attached hydrogen (secondary N) is 1. The lowest BCUT2D eigenvalue weighted by molar-refractivity contribution is 0.199. The lowest BCUT2D eigenvalue weighted by Gasteiger charge is -2.14. The smallest absolute Gasteiger partial charge is 0.410 e. The monoisotopic (exact) mass is 263 g/mol. The highest BCUT2D eigenvalue weighted by molar-refractivity contribution is 5.71. The molecule has 0 saturated heterocycles. The lowest BCUT2D eigenvalue weighted by atomic mass is 10.0. The van der Waals surface area contributed by atoms with Crippen molar-refractivity contribution in [1.82, 2.24) is 5.32 Å². The fourth-order valence-electron chi connectivity index (χ4n) is 1.81. The minimum Gasteiger partial charge on any atom is -0.410 e. The van der Waals surface area contributed by atoms with Gasteiger partial charge in [-0.25, -0.2) is 4.79 Å². The third-order valence-electron chi connectivity index (χ3n) is 2.98. The number of hydrogen-bond donors (Lipinski definition) is 1. The van der Waals surface area contributed by atoms with E-state index in [9.17, 15) is 4.79 Å². The Morgan fingerprint density at radius 1 is 1.26 bits per heavy atom. The van der Waals surface area contributed by atoms with Crippen molar-refractivity contribution in [3.8, 4) is 5.75 Å². The van der Waals surface area contributed by atoms with Crippen molar-refractivity contribution in [1.29, 1.82) is 0 Å². The van der Waals surface area contributed by atoms with Crippen LogP contribution in [0.15, 0.2) is 18.2 Å². The summed E-state index contributed by atoms with van der Waals surface area (Å²) in [5.41, 5.74) is 2.15. The topological polar surface area (TPSA) is 38.3 Å². The normalized spacial score (nSPS) is 10.9. The van der Waals surface area contributed by atoms with Crippen molar-refractivity contribution in [2.75, 3.05) is 6.54 Å². The number of amides is 1. The fraction of sp³-hybridized carbons (Fsp3) is 0.562.